The van der Waals surface area contributed by atoms with Gasteiger partial charge in [0.05, 0.1) is 18.0 Å². The number of anilines is 1. The van der Waals surface area contributed by atoms with Crippen molar-refractivity contribution in [2.45, 2.75) is 31.6 Å². The van der Waals surface area contributed by atoms with Gasteiger partial charge in [0.15, 0.2) is 0 Å². The van der Waals surface area contributed by atoms with Crippen molar-refractivity contribution in [1.29, 1.82) is 0 Å². The maximum Gasteiger partial charge on any atom is 0.342 e. The monoisotopic (exact) mass is 843 g/mol. The number of amides is 2. The number of esters is 1. The molecule has 7 rings (SSSR count). The molecule has 0 spiro atoms. The second-order valence-corrected chi connectivity index (χ2v) is 16.8. The number of nitrogens with two attached hydrogens (primary N) is 1. The summed E-state index contributed by atoms with van der Waals surface area (Å²) in [5.74, 6) is -1.38. The molecule has 62 heavy (non-hydrogen) atoms. The van der Waals surface area contributed by atoms with Gasteiger partial charge in [-0.1, -0.05) is 139 Å². The quantitative estimate of drug-likeness (QED) is 0.0959. The normalized spacial score (nSPS) is 11.2. The Morgan fingerprint density at radius 2 is 1.11 bits per heavy atom. The Bertz CT molecular complexity index is 2760. The number of benzene rings is 7. The fourth-order valence-corrected chi connectivity index (χ4v) is 7.87. The largest absolute Gasteiger partial charge is 0.488 e. The van der Waals surface area contributed by atoms with Gasteiger partial charge in [-0.05, 0) is 82.3 Å². The van der Waals surface area contributed by atoms with Crippen LogP contribution in [0, 0.1) is 6.92 Å². The fourth-order valence-electron chi connectivity index (χ4n) is 6.74. The lowest BCUT2D eigenvalue weighted by Crippen LogP contribution is -2.41. The maximum atomic E-state index is 14.4. The third-order valence-electron chi connectivity index (χ3n) is 10.4. The van der Waals surface area contributed by atoms with E-state index in [1.54, 1.807) is 42.5 Å². The predicted octanol–water partition coefficient (Wildman–Crippen LogP) is 9.22. The lowest BCUT2D eigenvalue weighted by Gasteiger charge is -2.27. The van der Waals surface area contributed by atoms with E-state index in [4.69, 9.17) is 15.2 Å². The Morgan fingerprint density at radius 3 is 1.66 bits per heavy atom. The first-order valence-electron chi connectivity index (χ1n) is 19.9. The number of nitrogens with zero attached hydrogens (tertiary/aromatic N) is 2. The third-order valence-corrected chi connectivity index (χ3v) is 12.2. The topological polar surface area (TPSA) is 136 Å². The van der Waals surface area contributed by atoms with Gasteiger partial charge >= 0.3 is 5.97 Å². The zero-order valence-corrected chi connectivity index (χ0v) is 35.1. The van der Waals surface area contributed by atoms with Gasteiger partial charge in [-0.3, -0.25) is 9.59 Å². The lowest BCUT2D eigenvalue weighted by atomic mass is 9.99. The van der Waals surface area contributed by atoms with Gasteiger partial charge in [0.1, 0.15) is 24.5 Å². The molecule has 0 aliphatic rings. The van der Waals surface area contributed by atoms with Gasteiger partial charge in [0.2, 0.25) is 21.8 Å². The number of primary amides is 1. The van der Waals surface area contributed by atoms with E-state index in [9.17, 15) is 22.8 Å². The van der Waals surface area contributed by atoms with Crippen molar-refractivity contribution in [1.82, 2.24) is 4.31 Å². The van der Waals surface area contributed by atoms with Crippen LogP contribution < -0.4 is 15.4 Å². The molecule has 0 aliphatic heterocycles. The van der Waals surface area contributed by atoms with E-state index >= 15 is 0 Å². The number of aryl methyl sites for hydroxylation is 1. The van der Waals surface area contributed by atoms with Gasteiger partial charge in [-0.25, -0.2) is 13.2 Å². The van der Waals surface area contributed by atoms with Crippen molar-refractivity contribution in [3.63, 3.8) is 0 Å². The lowest BCUT2D eigenvalue weighted by molar-refractivity contribution is -0.118. The molecule has 11 heteroatoms. The zero-order chi connectivity index (χ0) is 43.6. The first-order valence-corrected chi connectivity index (χ1v) is 21.3. The van der Waals surface area contributed by atoms with Crippen molar-refractivity contribution < 1.29 is 32.3 Å². The summed E-state index contributed by atoms with van der Waals surface area (Å²) in [6.45, 7) is 1.67. The molecule has 0 fully saturated rings. The fraction of sp³-hybridized carbons (Fsp3) is 0.118. The molecular weight excluding hydrogens is 799 g/mol. The Balaban J connectivity index is 1.18. The van der Waals surface area contributed by atoms with Crippen LogP contribution in [0.1, 0.15) is 43.0 Å². The summed E-state index contributed by atoms with van der Waals surface area (Å²) in [5.41, 5.74) is 13.6. The van der Waals surface area contributed by atoms with E-state index in [0.717, 1.165) is 48.8 Å². The van der Waals surface area contributed by atoms with Gasteiger partial charge in [0.25, 0.3) is 0 Å². The minimum Gasteiger partial charge on any atom is -0.488 e. The van der Waals surface area contributed by atoms with Crippen LogP contribution in [0.5, 0.6) is 5.75 Å². The summed E-state index contributed by atoms with van der Waals surface area (Å²) in [6.07, 6.45) is 0. The second-order valence-electron chi connectivity index (χ2n) is 14.8. The van der Waals surface area contributed by atoms with Crippen molar-refractivity contribution in [3.8, 4) is 28.0 Å². The molecule has 7 aromatic carbocycles. The van der Waals surface area contributed by atoms with Gasteiger partial charge in [-0.2, -0.15) is 4.31 Å². The van der Waals surface area contributed by atoms with Crippen molar-refractivity contribution in [2.24, 2.45) is 5.73 Å². The molecule has 0 aromatic heterocycles. The number of likely N-dealkylation sites (N-methyl/N-ethyl adjacent to an activating group) is 1. The van der Waals surface area contributed by atoms with Crippen molar-refractivity contribution >= 4 is 33.5 Å². The second kappa shape index (κ2) is 19.4. The third kappa shape index (κ3) is 10.5. The smallest absolute Gasteiger partial charge is 0.342 e. The molecule has 2 amide bonds. The molecule has 0 saturated carbocycles. The molecule has 7 aromatic rings. The number of carbonyl (C=O) groups excluding carboxylic acids is 3. The maximum absolute atomic E-state index is 14.4. The molecule has 0 bridgehead atoms. The first-order chi connectivity index (χ1) is 29.9. The summed E-state index contributed by atoms with van der Waals surface area (Å²) in [5, 5.41) is 0. The summed E-state index contributed by atoms with van der Waals surface area (Å²) >= 11 is 0. The van der Waals surface area contributed by atoms with Gasteiger partial charge in [0, 0.05) is 24.4 Å². The van der Waals surface area contributed by atoms with E-state index in [2.05, 4.69) is 0 Å². The van der Waals surface area contributed by atoms with Crippen LogP contribution in [0.2, 0.25) is 0 Å². The van der Waals surface area contributed by atoms with Crippen LogP contribution >= 0.6 is 0 Å². The molecular formula is C51H45N3O7S. The summed E-state index contributed by atoms with van der Waals surface area (Å²) in [4.78, 5) is 41.1. The highest BCUT2D eigenvalue weighted by atomic mass is 32.2. The highest BCUT2D eigenvalue weighted by Gasteiger charge is 2.27. The van der Waals surface area contributed by atoms with Crippen molar-refractivity contribution in [3.05, 3.63) is 209 Å². The first kappa shape index (κ1) is 42.8. The molecule has 0 saturated heterocycles. The van der Waals surface area contributed by atoms with E-state index < -0.39 is 34.4 Å². The Kier molecular flexibility index (Phi) is 13.4. The zero-order valence-electron chi connectivity index (χ0n) is 34.3. The molecule has 0 heterocycles. The number of sulfonamides is 1. The minimum atomic E-state index is -4.02. The highest BCUT2D eigenvalue weighted by Crippen LogP contribution is 2.31. The number of hydrogen-bond donors (Lipinski definition) is 1. The summed E-state index contributed by atoms with van der Waals surface area (Å²) < 4.78 is 40.3. The highest BCUT2D eigenvalue weighted by molar-refractivity contribution is 7.89. The Hall–Kier alpha value is -7.34. The van der Waals surface area contributed by atoms with E-state index in [1.165, 1.54) is 24.1 Å². The number of rotatable bonds is 16. The van der Waals surface area contributed by atoms with Crippen LogP contribution in [0.15, 0.2) is 181 Å². The number of hydrogen-bond acceptors (Lipinski definition) is 7. The van der Waals surface area contributed by atoms with Crippen LogP contribution in [-0.4, -0.2) is 44.1 Å². The summed E-state index contributed by atoms with van der Waals surface area (Å²) in [6, 6.07) is 53.0. The molecule has 0 unspecified atom stereocenters. The Labute approximate surface area is 361 Å². The van der Waals surface area contributed by atoms with Crippen LogP contribution in [0.3, 0.4) is 0 Å². The van der Waals surface area contributed by atoms with Crippen LogP contribution in [-0.2, 0) is 39.3 Å². The predicted molar refractivity (Wildman–Crippen MR) is 241 cm³/mol. The molecule has 0 radical (unpaired) electrons. The minimum absolute atomic E-state index is 0.0539. The molecule has 312 valence electrons. The van der Waals surface area contributed by atoms with Crippen molar-refractivity contribution in [2.75, 3.05) is 18.5 Å². The standard InChI is InChI=1S/C51H45N3O7S/c1-36-13-28-46(29-14-36)62(58,59)53(2)33-49(55)54(32-37-15-17-40(18-16-37)41-19-21-42(22-20-41)43-23-25-44(26-24-43)50(52)56)45-27-30-47(51(57)61-35-39-11-7-4-8-12-39)48(31-45)60-34-38-9-5-3-6-10-38/h3-31H,32-35H2,1-2H3,(H2,52,56). The molecule has 10 nitrogen and oxygen atoms in total. The summed E-state index contributed by atoms with van der Waals surface area (Å²) in [7, 11) is -2.64. The average Bonchev–Trinajstić information content (AvgIpc) is 3.30. The average molecular weight is 844 g/mol. The van der Waals surface area contributed by atoms with Crippen LogP contribution in [0.4, 0.5) is 5.69 Å². The number of ether oxygens (including phenoxy) is 2. The molecule has 0 aliphatic carbocycles. The number of carbonyl (C=O) groups is 3. The van der Waals surface area contributed by atoms with E-state index in [0.29, 0.717) is 11.3 Å². The van der Waals surface area contributed by atoms with E-state index in [1.807, 2.05) is 128 Å². The van der Waals surface area contributed by atoms with Gasteiger partial charge in [-0.15, -0.1) is 0 Å². The van der Waals surface area contributed by atoms with Gasteiger partial charge < -0.3 is 20.1 Å². The SMILES string of the molecule is Cc1ccc(S(=O)(=O)N(C)CC(=O)N(Cc2ccc(-c3ccc(-c4ccc(C(N)=O)cc4)cc3)cc2)c2ccc(C(=O)OCc3ccccc3)c(OCc3ccccc3)c2)cc1. The molecule has 0 atom stereocenters. The van der Waals surface area contributed by atoms with Crippen LogP contribution in [0.25, 0.3) is 22.3 Å². The van der Waals surface area contributed by atoms with E-state index in [-0.39, 0.29) is 36.0 Å². The molecule has 2 N–H and O–H groups in total. The Morgan fingerprint density at radius 1 is 0.597 bits per heavy atom.